The van der Waals surface area contributed by atoms with Gasteiger partial charge < -0.3 is 0 Å². The number of carbonyl (C=O) groups excluding carboxylic acids is 1. The second-order valence-corrected chi connectivity index (χ2v) is 7.66. The maximum atomic E-state index is 11.9. The molecule has 1 N–H and O–H groups in total. The number of carbonyl (C=O) groups is 1. The number of hydrogen-bond acceptors (Lipinski definition) is 3. The molecule has 3 rings (SSSR count). The fourth-order valence-corrected chi connectivity index (χ4v) is 4.92. The predicted molar refractivity (Wildman–Crippen MR) is 67.8 cm³/mol. The van der Waals surface area contributed by atoms with Gasteiger partial charge in [0.25, 0.3) is 0 Å². The van der Waals surface area contributed by atoms with Crippen LogP contribution in [0.15, 0.2) is 36.3 Å². The quantitative estimate of drug-likeness (QED) is 0.878. The van der Waals surface area contributed by atoms with Crippen LogP contribution in [0.2, 0.25) is 0 Å². The summed E-state index contributed by atoms with van der Waals surface area (Å²) >= 11 is -0.995. The number of aromatic nitrogens is 1. The predicted octanol–water partition coefficient (Wildman–Crippen LogP) is 0.485. The number of pyridine rings is 1. The summed E-state index contributed by atoms with van der Waals surface area (Å²) in [6.45, 7) is 0. The van der Waals surface area contributed by atoms with Gasteiger partial charge in [-0.15, -0.1) is 0 Å². The topological polar surface area (TPSA) is 45.2 Å². The summed E-state index contributed by atoms with van der Waals surface area (Å²) < 4.78 is 4.35. The molecule has 1 amide bonds. The Labute approximate surface area is 111 Å². The molecule has 0 bridgehead atoms. The van der Waals surface area contributed by atoms with E-state index in [0.717, 1.165) is 24.1 Å². The summed E-state index contributed by atoms with van der Waals surface area (Å²) in [6, 6.07) is 4.39. The van der Waals surface area contributed by atoms with Crippen LogP contribution in [-0.2, 0) is 4.79 Å². The molecule has 4 nitrogen and oxygen atoms in total. The summed E-state index contributed by atoms with van der Waals surface area (Å²) in [4.78, 5) is 16.0. The Morgan fingerprint density at radius 3 is 3.12 bits per heavy atom. The van der Waals surface area contributed by atoms with Crippen LogP contribution in [0.1, 0.15) is 12.8 Å². The second kappa shape index (κ2) is 4.64. The van der Waals surface area contributed by atoms with Crippen molar-refractivity contribution in [1.29, 1.82) is 0 Å². The van der Waals surface area contributed by atoms with Crippen molar-refractivity contribution in [1.82, 2.24) is 10.3 Å². The Morgan fingerprint density at radius 2 is 2.41 bits per heavy atom. The molecule has 0 unspecified atom stereocenters. The van der Waals surface area contributed by atoms with Crippen molar-refractivity contribution in [3.05, 3.63) is 36.3 Å². The van der Waals surface area contributed by atoms with Crippen LogP contribution in [0, 0.1) is 0 Å². The van der Waals surface area contributed by atoms with Crippen molar-refractivity contribution >= 4 is 38.1 Å². The second-order valence-electron chi connectivity index (χ2n) is 4.27. The first kappa shape index (κ1) is 11.0. The van der Waals surface area contributed by atoms with E-state index in [0.29, 0.717) is 6.04 Å². The molecule has 0 spiro atoms. The molecule has 1 fully saturated rings. The number of nitrogens with zero attached hydrogens (tertiary/aromatic N) is 2. The van der Waals surface area contributed by atoms with Gasteiger partial charge in [0, 0.05) is 0 Å². The van der Waals surface area contributed by atoms with Crippen LogP contribution in [-0.4, -0.2) is 43.4 Å². The standard InChI is InChI=1S/C12H13N3O.In/c1-9(12(16)15-10-4-5-10)7-14-11-3-2-6-13-8-11;/h1-3,6-8,10H,4-5H2,(H2,14,15,16);/q;+1/p-1. The number of amides is 1. The zero-order valence-corrected chi connectivity index (χ0v) is 12.6. The molecule has 5 heteroatoms. The van der Waals surface area contributed by atoms with Gasteiger partial charge in [0.15, 0.2) is 0 Å². The van der Waals surface area contributed by atoms with Crippen molar-refractivity contribution in [3.63, 3.8) is 0 Å². The Morgan fingerprint density at radius 1 is 1.53 bits per heavy atom. The van der Waals surface area contributed by atoms with Gasteiger partial charge in [0.2, 0.25) is 0 Å². The Kier molecular flexibility index (Phi) is 3.01. The van der Waals surface area contributed by atoms with Crippen LogP contribution >= 0.6 is 0 Å². The minimum absolute atomic E-state index is 0.0881. The van der Waals surface area contributed by atoms with Crippen molar-refractivity contribution in [2.45, 2.75) is 18.9 Å². The van der Waals surface area contributed by atoms with Crippen molar-refractivity contribution in [3.8, 4) is 0 Å². The van der Waals surface area contributed by atoms with E-state index in [1.165, 1.54) is 0 Å². The third kappa shape index (κ3) is 2.60. The third-order valence-electron chi connectivity index (χ3n) is 2.81. The molecule has 1 aromatic rings. The summed E-state index contributed by atoms with van der Waals surface area (Å²) in [6.07, 6.45) is 7.84. The van der Waals surface area contributed by atoms with Gasteiger partial charge >= 0.3 is 111 Å². The molecule has 2 aliphatic rings. The molecule has 0 aromatic carbocycles. The number of anilines is 1. The Bertz CT molecular complexity index is 494. The van der Waals surface area contributed by atoms with Gasteiger partial charge in [0.1, 0.15) is 0 Å². The van der Waals surface area contributed by atoms with Crippen LogP contribution in [0.4, 0.5) is 5.69 Å². The molecule has 84 valence electrons. The van der Waals surface area contributed by atoms with Crippen LogP contribution in [0.5, 0.6) is 0 Å². The van der Waals surface area contributed by atoms with Gasteiger partial charge in [-0.2, -0.15) is 0 Å². The van der Waals surface area contributed by atoms with Gasteiger partial charge in [-0.3, -0.25) is 0 Å². The van der Waals surface area contributed by atoms with E-state index in [-0.39, 0.29) is 5.91 Å². The molecule has 1 saturated carbocycles. The van der Waals surface area contributed by atoms with E-state index >= 15 is 0 Å². The first-order valence-corrected chi connectivity index (χ1v) is 9.10. The number of hydrogen-bond donors (Lipinski definition) is 1. The normalized spacial score (nSPS) is 17.6. The van der Waals surface area contributed by atoms with Crippen molar-refractivity contribution in [2.24, 2.45) is 0 Å². The van der Waals surface area contributed by atoms with E-state index < -0.39 is 22.7 Å². The maximum absolute atomic E-state index is 11.9. The fourth-order valence-electron chi connectivity index (χ4n) is 1.69. The van der Waals surface area contributed by atoms with Gasteiger partial charge in [0.05, 0.1) is 0 Å². The Balaban J connectivity index is 1.72. The summed E-state index contributed by atoms with van der Waals surface area (Å²) in [5.74, 6) is 0.0881. The first-order valence-electron chi connectivity index (χ1n) is 5.72. The van der Waals surface area contributed by atoms with E-state index in [1.807, 2.05) is 24.5 Å². The summed E-state index contributed by atoms with van der Waals surface area (Å²) in [5.41, 5.74) is 1.93. The Hall–Kier alpha value is -1.10. The molecule has 17 heavy (non-hydrogen) atoms. The van der Waals surface area contributed by atoms with E-state index in [1.54, 1.807) is 6.20 Å². The first-order chi connectivity index (χ1) is 8.33. The molecule has 0 atom stereocenters. The van der Waals surface area contributed by atoms with E-state index in [2.05, 4.69) is 16.9 Å². The summed E-state index contributed by atoms with van der Waals surface area (Å²) in [7, 11) is 0. The van der Waals surface area contributed by atoms with Crippen LogP contribution in [0.3, 0.4) is 0 Å². The molecular formula is C12H12InN3O. The SMILES string of the molecule is O=C(NC1CC1)C1=C[N](c2cccnc2)[In]=[CH]1. The van der Waals surface area contributed by atoms with E-state index in [4.69, 9.17) is 0 Å². The molecule has 0 radical (unpaired) electrons. The third-order valence-corrected chi connectivity index (χ3v) is 6.46. The zero-order valence-electron chi connectivity index (χ0n) is 9.34. The molecule has 2 heterocycles. The molecule has 1 aliphatic heterocycles. The average molecular weight is 329 g/mol. The van der Waals surface area contributed by atoms with E-state index in [9.17, 15) is 4.79 Å². The number of nitrogens with one attached hydrogen (secondary N) is 1. The average Bonchev–Trinajstić information content (AvgIpc) is 3.04. The van der Waals surface area contributed by atoms with Crippen molar-refractivity contribution < 1.29 is 4.79 Å². The molecule has 0 saturated heterocycles. The minimum atomic E-state index is -0.995. The monoisotopic (exact) mass is 329 g/mol. The molecular weight excluding hydrogens is 317 g/mol. The van der Waals surface area contributed by atoms with Crippen molar-refractivity contribution in [2.75, 3.05) is 2.89 Å². The van der Waals surface area contributed by atoms with Gasteiger partial charge in [-0.25, -0.2) is 0 Å². The van der Waals surface area contributed by atoms with Crippen LogP contribution < -0.4 is 8.20 Å². The zero-order chi connectivity index (χ0) is 11.7. The van der Waals surface area contributed by atoms with Gasteiger partial charge in [-0.1, -0.05) is 0 Å². The van der Waals surface area contributed by atoms with Crippen LogP contribution in [0.25, 0.3) is 0 Å². The molecule has 1 aromatic heterocycles. The number of rotatable bonds is 3. The molecule has 1 aliphatic carbocycles. The van der Waals surface area contributed by atoms with Gasteiger partial charge in [-0.05, 0) is 0 Å². The fraction of sp³-hybridized carbons (Fsp3) is 0.250. The summed E-state index contributed by atoms with van der Waals surface area (Å²) in [5, 5.41) is 3.02.